The van der Waals surface area contributed by atoms with E-state index in [-0.39, 0.29) is 16.5 Å². The SMILES string of the molecule is CCOC1CC(N)(CN2CCN(C)C(C)(C)C2)C1(C)C. The minimum absolute atomic E-state index is 0.0660. The van der Waals surface area contributed by atoms with Crippen molar-refractivity contribution in [3.05, 3.63) is 0 Å². The van der Waals surface area contributed by atoms with E-state index >= 15 is 0 Å². The Hall–Kier alpha value is -0.160. The summed E-state index contributed by atoms with van der Waals surface area (Å²) in [7, 11) is 2.22. The zero-order valence-electron chi connectivity index (χ0n) is 14.2. The lowest BCUT2D eigenvalue weighted by molar-refractivity contribution is -0.160. The Morgan fingerprint density at radius 2 is 1.85 bits per heavy atom. The highest BCUT2D eigenvalue weighted by atomic mass is 16.5. The fraction of sp³-hybridized carbons (Fsp3) is 1.00. The number of hydrogen-bond acceptors (Lipinski definition) is 4. The molecule has 0 radical (unpaired) electrons. The molecule has 0 aromatic carbocycles. The van der Waals surface area contributed by atoms with Gasteiger partial charge in [0.25, 0.3) is 0 Å². The van der Waals surface area contributed by atoms with Crippen molar-refractivity contribution in [3.8, 4) is 0 Å². The van der Waals surface area contributed by atoms with Gasteiger partial charge >= 0.3 is 0 Å². The van der Waals surface area contributed by atoms with E-state index < -0.39 is 0 Å². The summed E-state index contributed by atoms with van der Waals surface area (Å²) < 4.78 is 5.83. The van der Waals surface area contributed by atoms with Gasteiger partial charge in [-0.2, -0.15) is 0 Å². The van der Waals surface area contributed by atoms with Gasteiger partial charge in [-0.15, -0.1) is 0 Å². The van der Waals surface area contributed by atoms with Crippen LogP contribution in [0.1, 0.15) is 41.0 Å². The molecule has 4 heteroatoms. The van der Waals surface area contributed by atoms with Crippen molar-refractivity contribution in [2.24, 2.45) is 11.1 Å². The first-order valence-electron chi connectivity index (χ1n) is 7.96. The highest BCUT2D eigenvalue weighted by molar-refractivity contribution is 5.15. The fourth-order valence-corrected chi connectivity index (χ4v) is 3.65. The molecule has 1 aliphatic heterocycles. The molecule has 1 saturated heterocycles. The van der Waals surface area contributed by atoms with Gasteiger partial charge in [-0.1, -0.05) is 13.8 Å². The molecule has 20 heavy (non-hydrogen) atoms. The van der Waals surface area contributed by atoms with E-state index in [0.717, 1.165) is 39.2 Å². The Morgan fingerprint density at radius 3 is 2.35 bits per heavy atom. The van der Waals surface area contributed by atoms with E-state index in [1.165, 1.54) is 0 Å². The predicted octanol–water partition coefficient (Wildman–Crippen LogP) is 1.54. The molecule has 2 fully saturated rings. The van der Waals surface area contributed by atoms with Crippen LogP contribution in [0, 0.1) is 5.41 Å². The minimum atomic E-state index is -0.112. The molecule has 1 heterocycles. The van der Waals surface area contributed by atoms with Crippen LogP contribution in [0.2, 0.25) is 0 Å². The topological polar surface area (TPSA) is 41.7 Å². The summed E-state index contributed by atoms with van der Waals surface area (Å²) in [5.74, 6) is 0. The molecule has 0 spiro atoms. The molecule has 2 rings (SSSR count). The van der Waals surface area contributed by atoms with Gasteiger partial charge in [0.15, 0.2) is 0 Å². The van der Waals surface area contributed by atoms with Crippen LogP contribution >= 0.6 is 0 Å². The summed E-state index contributed by atoms with van der Waals surface area (Å²) in [4.78, 5) is 4.99. The summed E-state index contributed by atoms with van der Waals surface area (Å²) in [5, 5.41) is 0. The Bertz CT molecular complexity index is 356. The van der Waals surface area contributed by atoms with E-state index in [9.17, 15) is 0 Å². The highest BCUT2D eigenvalue weighted by Crippen LogP contribution is 2.50. The molecular formula is C16H33N3O. The maximum absolute atomic E-state index is 6.72. The summed E-state index contributed by atoms with van der Waals surface area (Å²) in [6.07, 6.45) is 1.30. The Balaban J connectivity index is 1.97. The molecule has 1 saturated carbocycles. The number of ether oxygens (including phenoxy) is 1. The van der Waals surface area contributed by atoms with Crippen LogP contribution in [0.15, 0.2) is 0 Å². The Morgan fingerprint density at radius 1 is 1.20 bits per heavy atom. The first kappa shape index (κ1) is 16.2. The molecule has 118 valence electrons. The lowest BCUT2D eigenvalue weighted by Gasteiger charge is -2.61. The number of piperazine rings is 1. The van der Waals surface area contributed by atoms with Crippen LogP contribution in [-0.4, -0.2) is 66.8 Å². The van der Waals surface area contributed by atoms with E-state index in [4.69, 9.17) is 10.5 Å². The number of nitrogens with zero attached hydrogens (tertiary/aromatic N) is 2. The third-order valence-electron chi connectivity index (χ3n) is 5.91. The van der Waals surface area contributed by atoms with Gasteiger partial charge in [0.2, 0.25) is 0 Å². The molecule has 2 atom stereocenters. The van der Waals surface area contributed by atoms with Crippen LogP contribution in [-0.2, 0) is 4.74 Å². The molecule has 0 aromatic heterocycles. The first-order valence-corrected chi connectivity index (χ1v) is 7.96. The van der Waals surface area contributed by atoms with Gasteiger partial charge in [-0.3, -0.25) is 9.80 Å². The van der Waals surface area contributed by atoms with Gasteiger partial charge in [0, 0.05) is 49.3 Å². The first-order chi connectivity index (χ1) is 9.12. The number of nitrogens with two attached hydrogens (primary N) is 1. The zero-order chi connectivity index (χ0) is 15.2. The van der Waals surface area contributed by atoms with Gasteiger partial charge in [-0.25, -0.2) is 0 Å². The molecular weight excluding hydrogens is 250 g/mol. The molecule has 2 N–H and O–H groups in total. The maximum Gasteiger partial charge on any atom is 0.0662 e. The maximum atomic E-state index is 6.72. The quantitative estimate of drug-likeness (QED) is 0.850. The molecule has 0 amide bonds. The number of rotatable bonds is 4. The van der Waals surface area contributed by atoms with Crippen LogP contribution in [0.25, 0.3) is 0 Å². The van der Waals surface area contributed by atoms with Crippen molar-refractivity contribution in [2.75, 3.05) is 39.8 Å². The second-order valence-electron chi connectivity index (χ2n) is 7.97. The Kier molecular flexibility index (Phi) is 4.25. The molecule has 2 unspecified atom stereocenters. The van der Waals surface area contributed by atoms with Crippen LogP contribution < -0.4 is 5.73 Å². The smallest absolute Gasteiger partial charge is 0.0662 e. The average molecular weight is 283 g/mol. The average Bonchev–Trinajstić information content (AvgIpc) is 2.33. The van der Waals surface area contributed by atoms with Gasteiger partial charge in [-0.05, 0) is 34.2 Å². The predicted molar refractivity (Wildman–Crippen MR) is 83.9 cm³/mol. The summed E-state index contributed by atoms with van der Waals surface area (Å²) in [6, 6.07) is 0. The third kappa shape index (κ3) is 2.63. The molecule has 1 aliphatic carbocycles. The van der Waals surface area contributed by atoms with Crippen molar-refractivity contribution in [3.63, 3.8) is 0 Å². The van der Waals surface area contributed by atoms with Crippen molar-refractivity contribution in [2.45, 2.75) is 58.2 Å². The molecule has 0 aromatic rings. The van der Waals surface area contributed by atoms with Gasteiger partial charge in [0.1, 0.15) is 0 Å². The summed E-state index contributed by atoms with van der Waals surface area (Å²) in [5.41, 5.74) is 6.91. The summed E-state index contributed by atoms with van der Waals surface area (Å²) >= 11 is 0. The van der Waals surface area contributed by atoms with Crippen LogP contribution in [0.5, 0.6) is 0 Å². The third-order valence-corrected chi connectivity index (χ3v) is 5.91. The largest absolute Gasteiger partial charge is 0.378 e. The summed E-state index contributed by atoms with van der Waals surface area (Å²) in [6.45, 7) is 16.3. The van der Waals surface area contributed by atoms with Crippen LogP contribution in [0.3, 0.4) is 0 Å². The number of hydrogen-bond donors (Lipinski definition) is 1. The highest BCUT2D eigenvalue weighted by Gasteiger charge is 2.59. The van der Waals surface area contributed by atoms with Crippen molar-refractivity contribution < 1.29 is 4.74 Å². The van der Waals surface area contributed by atoms with E-state index in [1.54, 1.807) is 0 Å². The van der Waals surface area contributed by atoms with Gasteiger partial charge in [0.05, 0.1) is 6.10 Å². The standard InChI is InChI=1S/C16H33N3O/c1-7-20-13-10-16(17,15(13,4)5)12-19-9-8-18(6)14(2,3)11-19/h13H,7-12,17H2,1-6H3. The zero-order valence-corrected chi connectivity index (χ0v) is 14.2. The second-order valence-corrected chi connectivity index (χ2v) is 7.97. The molecule has 4 nitrogen and oxygen atoms in total. The second kappa shape index (κ2) is 5.24. The van der Waals surface area contributed by atoms with Crippen molar-refractivity contribution in [1.82, 2.24) is 9.80 Å². The minimum Gasteiger partial charge on any atom is -0.378 e. The van der Waals surface area contributed by atoms with E-state index in [2.05, 4.69) is 51.5 Å². The van der Waals surface area contributed by atoms with Crippen molar-refractivity contribution in [1.29, 1.82) is 0 Å². The van der Waals surface area contributed by atoms with E-state index in [0.29, 0.717) is 6.10 Å². The van der Waals surface area contributed by atoms with Crippen molar-refractivity contribution >= 4 is 0 Å². The van der Waals surface area contributed by atoms with Gasteiger partial charge < -0.3 is 10.5 Å². The lowest BCUT2D eigenvalue weighted by atomic mass is 9.54. The molecule has 2 aliphatic rings. The number of likely N-dealkylation sites (N-methyl/N-ethyl adjacent to an activating group) is 1. The molecule has 0 bridgehead atoms. The Labute approximate surface area is 124 Å². The van der Waals surface area contributed by atoms with E-state index in [1.807, 2.05) is 0 Å². The fourth-order valence-electron chi connectivity index (χ4n) is 3.65. The lowest BCUT2D eigenvalue weighted by Crippen LogP contribution is -2.74. The monoisotopic (exact) mass is 283 g/mol. The van der Waals surface area contributed by atoms with Crippen LogP contribution in [0.4, 0.5) is 0 Å². The normalized spacial score (nSPS) is 37.6.